The Kier molecular flexibility index (Phi) is 5.64. The van der Waals surface area contributed by atoms with Crippen LogP contribution in [-0.2, 0) is 5.60 Å². The van der Waals surface area contributed by atoms with Crippen LogP contribution in [0.15, 0.2) is 36.5 Å². The van der Waals surface area contributed by atoms with Crippen molar-refractivity contribution in [1.82, 2.24) is 9.88 Å². The monoisotopic (exact) mass is 399 g/mol. The van der Waals surface area contributed by atoms with Gasteiger partial charge in [0.05, 0.1) is 5.69 Å². The van der Waals surface area contributed by atoms with Gasteiger partial charge in [0.1, 0.15) is 5.60 Å². The Balaban J connectivity index is 1.32. The molecule has 4 rings (SSSR count). The van der Waals surface area contributed by atoms with Crippen LogP contribution in [-0.4, -0.2) is 47.2 Å². The van der Waals surface area contributed by atoms with E-state index in [0.29, 0.717) is 6.04 Å². The van der Waals surface area contributed by atoms with Crippen LogP contribution >= 0.6 is 11.6 Å². The number of piperidine rings is 2. The summed E-state index contributed by atoms with van der Waals surface area (Å²) in [6.07, 6.45) is 5.69. The zero-order valence-corrected chi connectivity index (χ0v) is 17.6. The number of hydrogen-bond donors (Lipinski definition) is 1. The third-order valence-electron chi connectivity index (χ3n) is 6.51. The third-order valence-corrected chi connectivity index (χ3v) is 6.92. The van der Waals surface area contributed by atoms with Gasteiger partial charge in [0, 0.05) is 49.1 Å². The number of aryl methyl sites for hydroxylation is 2. The predicted molar refractivity (Wildman–Crippen MR) is 115 cm³/mol. The molecule has 5 heteroatoms. The number of benzene rings is 1. The SMILES string of the molecule is Cc1ccc(C2(O)CCN(C3CCN(c4ccc(C)c(Cl)c4)CC3)CC2)nc1. The van der Waals surface area contributed by atoms with Gasteiger partial charge in [0.2, 0.25) is 0 Å². The van der Waals surface area contributed by atoms with E-state index in [9.17, 15) is 5.11 Å². The minimum absolute atomic E-state index is 0.604. The van der Waals surface area contributed by atoms with Crippen LogP contribution in [0.25, 0.3) is 0 Å². The van der Waals surface area contributed by atoms with Gasteiger partial charge in [-0.3, -0.25) is 4.98 Å². The van der Waals surface area contributed by atoms with E-state index >= 15 is 0 Å². The zero-order valence-electron chi connectivity index (χ0n) is 16.9. The van der Waals surface area contributed by atoms with E-state index < -0.39 is 5.60 Å². The second-order valence-corrected chi connectivity index (χ2v) is 8.85. The van der Waals surface area contributed by atoms with Crippen LogP contribution in [0, 0.1) is 13.8 Å². The molecule has 3 heterocycles. The molecule has 2 aliphatic rings. The van der Waals surface area contributed by atoms with E-state index in [-0.39, 0.29) is 0 Å². The Morgan fingerprint density at radius 1 is 1.04 bits per heavy atom. The summed E-state index contributed by atoms with van der Waals surface area (Å²) in [7, 11) is 0. The lowest BCUT2D eigenvalue weighted by molar-refractivity contribution is -0.0409. The van der Waals surface area contributed by atoms with Gasteiger partial charge in [0.15, 0.2) is 0 Å². The van der Waals surface area contributed by atoms with Crippen molar-refractivity contribution in [2.45, 2.75) is 51.2 Å². The Bertz CT molecular complexity index is 807. The maximum atomic E-state index is 11.1. The molecule has 28 heavy (non-hydrogen) atoms. The van der Waals surface area contributed by atoms with Crippen molar-refractivity contribution in [3.05, 3.63) is 58.4 Å². The Morgan fingerprint density at radius 3 is 2.36 bits per heavy atom. The molecule has 0 unspecified atom stereocenters. The molecular weight excluding hydrogens is 370 g/mol. The van der Waals surface area contributed by atoms with Crippen LogP contribution in [0.3, 0.4) is 0 Å². The van der Waals surface area contributed by atoms with Gasteiger partial charge in [-0.25, -0.2) is 0 Å². The predicted octanol–water partition coefficient (Wildman–Crippen LogP) is 4.30. The third kappa shape index (κ3) is 4.05. The Labute approximate surface area is 173 Å². The number of aliphatic hydroxyl groups is 1. The highest BCUT2D eigenvalue weighted by molar-refractivity contribution is 6.31. The Morgan fingerprint density at radius 2 is 1.75 bits per heavy atom. The molecule has 2 aromatic rings. The number of hydrogen-bond acceptors (Lipinski definition) is 4. The van der Waals surface area contributed by atoms with E-state index in [4.69, 9.17) is 11.6 Å². The van der Waals surface area contributed by atoms with Crippen LogP contribution in [0.5, 0.6) is 0 Å². The molecule has 4 nitrogen and oxygen atoms in total. The van der Waals surface area contributed by atoms with Crippen molar-refractivity contribution in [1.29, 1.82) is 0 Å². The minimum atomic E-state index is -0.774. The fourth-order valence-corrected chi connectivity index (χ4v) is 4.70. The van der Waals surface area contributed by atoms with Gasteiger partial charge in [0.25, 0.3) is 0 Å². The molecule has 2 fully saturated rings. The van der Waals surface area contributed by atoms with E-state index in [0.717, 1.165) is 73.7 Å². The quantitative estimate of drug-likeness (QED) is 0.835. The van der Waals surface area contributed by atoms with Gasteiger partial charge >= 0.3 is 0 Å². The second-order valence-electron chi connectivity index (χ2n) is 8.44. The Hall–Kier alpha value is -1.62. The molecule has 2 saturated heterocycles. The van der Waals surface area contributed by atoms with Crippen molar-refractivity contribution in [2.75, 3.05) is 31.1 Å². The lowest BCUT2D eigenvalue weighted by atomic mass is 9.86. The largest absolute Gasteiger partial charge is 0.383 e. The normalized spacial score (nSPS) is 21.1. The van der Waals surface area contributed by atoms with Crippen LogP contribution in [0.2, 0.25) is 5.02 Å². The number of anilines is 1. The first kappa shape index (κ1) is 19.7. The maximum absolute atomic E-state index is 11.1. The average Bonchev–Trinajstić information content (AvgIpc) is 2.71. The highest BCUT2D eigenvalue weighted by Crippen LogP contribution is 2.34. The summed E-state index contributed by atoms with van der Waals surface area (Å²) in [4.78, 5) is 9.50. The molecule has 150 valence electrons. The van der Waals surface area contributed by atoms with Crippen LogP contribution < -0.4 is 4.90 Å². The molecule has 2 aliphatic heterocycles. The first-order valence-corrected chi connectivity index (χ1v) is 10.7. The average molecular weight is 400 g/mol. The van der Waals surface area contributed by atoms with E-state index in [1.807, 2.05) is 32.2 Å². The van der Waals surface area contributed by atoms with Crippen molar-refractivity contribution in [2.24, 2.45) is 0 Å². The van der Waals surface area contributed by atoms with Gasteiger partial charge < -0.3 is 14.9 Å². The molecule has 0 aliphatic carbocycles. The summed E-state index contributed by atoms with van der Waals surface area (Å²) in [5, 5.41) is 11.9. The zero-order chi connectivity index (χ0) is 19.7. The van der Waals surface area contributed by atoms with Gasteiger partial charge in [-0.2, -0.15) is 0 Å². The van der Waals surface area contributed by atoms with Gasteiger partial charge in [-0.1, -0.05) is 23.7 Å². The molecule has 0 bridgehead atoms. The molecule has 1 aromatic heterocycles. The highest BCUT2D eigenvalue weighted by atomic mass is 35.5. The van der Waals surface area contributed by atoms with Gasteiger partial charge in [-0.15, -0.1) is 0 Å². The highest BCUT2D eigenvalue weighted by Gasteiger charge is 2.37. The van der Waals surface area contributed by atoms with Crippen molar-refractivity contribution >= 4 is 17.3 Å². The molecule has 1 aromatic carbocycles. The fraction of sp³-hybridized carbons (Fsp3) is 0.522. The smallest absolute Gasteiger partial charge is 0.109 e. The summed E-state index contributed by atoms with van der Waals surface area (Å²) < 4.78 is 0. The number of likely N-dealkylation sites (tertiary alicyclic amines) is 1. The molecule has 0 amide bonds. The van der Waals surface area contributed by atoms with Crippen LogP contribution in [0.4, 0.5) is 5.69 Å². The molecule has 0 saturated carbocycles. The number of rotatable bonds is 3. The van der Waals surface area contributed by atoms with Crippen molar-refractivity contribution < 1.29 is 5.11 Å². The van der Waals surface area contributed by atoms with Crippen LogP contribution in [0.1, 0.15) is 42.5 Å². The topological polar surface area (TPSA) is 39.6 Å². The van der Waals surface area contributed by atoms with Gasteiger partial charge in [-0.05, 0) is 68.9 Å². The standard InChI is InChI=1S/C23H30ClN3O/c1-17-3-6-22(25-16-17)23(28)9-13-27(14-10-23)19-7-11-26(12-8-19)20-5-4-18(2)21(24)15-20/h3-6,15-16,19,28H,7-14H2,1-2H3. The molecule has 0 spiro atoms. The number of pyridine rings is 1. The number of aromatic nitrogens is 1. The van der Waals surface area contributed by atoms with E-state index in [1.54, 1.807) is 0 Å². The van der Waals surface area contributed by atoms with E-state index in [1.165, 1.54) is 5.69 Å². The molecule has 1 N–H and O–H groups in total. The summed E-state index contributed by atoms with van der Waals surface area (Å²) in [5.41, 5.74) is 3.54. The number of halogens is 1. The maximum Gasteiger partial charge on any atom is 0.109 e. The minimum Gasteiger partial charge on any atom is -0.383 e. The lowest BCUT2D eigenvalue weighted by Gasteiger charge is -2.44. The molecule has 0 atom stereocenters. The summed E-state index contributed by atoms with van der Waals surface area (Å²) in [6.45, 7) is 8.07. The summed E-state index contributed by atoms with van der Waals surface area (Å²) in [5.74, 6) is 0. The van der Waals surface area contributed by atoms with Crippen molar-refractivity contribution in [3.8, 4) is 0 Å². The fourth-order valence-electron chi connectivity index (χ4n) is 4.53. The second kappa shape index (κ2) is 8.02. The first-order valence-electron chi connectivity index (χ1n) is 10.4. The van der Waals surface area contributed by atoms with Crippen molar-refractivity contribution in [3.63, 3.8) is 0 Å². The summed E-state index contributed by atoms with van der Waals surface area (Å²) >= 11 is 6.31. The summed E-state index contributed by atoms with van der Waals surface area (Å²) in [6, 6.07) is 11.0. The lowest BCUT2D eigenvalue weighted by Crippen LogP contribution is -2.51. The number of nitrogens with zero attached hydrogens (tertiary/aromatic N) is 3. The molecule has 0 radical (unpaired) electrons. The first-order chi connectivity index (χ1) is 13.4. The molecular formula is C23H30ClN3O. The van der Waals surface area contributed by atoms with E-state index in [2.05, 4.69) is 33.0 Å².